The second-order valence-electron chi connectivity index (χ2n) is 3.32. The zero-order valence-corrected chi connectivity index (χ0v) is 9.26. The predicted octanol–water partition coefficient (Wildman–Crippen LogP) is 2.37. The molecule has 0 amide bonds. The van der Waals surface area contributed by atoms with Crippen molar-refractivity contribution in [2.75, 3.05) is 0 Å². The summed E-state index contributed by atoms with van der Waals surface area (Å²) in [7, 11) is 0. The molecule has 0 radical (unpaired) electrons. The average molecular weight is 260 g/mol. The molecule has 0 N–H and O–H groups in total. The first-order valence-corrected chi connectivity index (χ1v) is 5.51. The highest BCUT2D eigenvalue weighted by molar-refractivity contribution is 7.09. The van der Waals surface area contributed by atoms with Crippen LogP contribution in [0.3, 0.4) is 0 Å². The van der Waals surface area contributed by atoms with Crippen LogP contribution in [-0.2, 0) is 12.7 Å². The molecule has 0 atom stereocenters. The van der Waals surface area contributed by atoms with E-state index in [2.05, 4.69) is 4.98 Å². The molecule has 7 heteroatoms. The zero-order valence-electron chi connectivity index (χ0n) is 8.44. The van der Waals surface area contributed by atoms with E-state index in [1.807, 2.05) is 11.4 Å². The lowest BCUT2D eigenvalue weighted by atomic mass is 10.4. The molecule has 0 aromatic carbocycles. The van der Waals surface area contributed by atoms with E-state index < -0.39 is 17.4 Å². The molecule has 2 heterocycles. The molecular formula is C10H7F3N2OS. The molecule has 0 aliphatic rings. The first-order valence-electron chi connectivity index (χ1n) is 4.63. The fraction of sp³-hybridized carbons (Fsp3) is 0.200. The Morgan fingerprint density at radius 3 is 2.71 bits per heavy atom. The van der Waals surface area contributed by atoms with E-state index in [9.17, 15) is 18.0 Å². The Balaban J connectivity index is 2.30. The smallest absolute Gasteiger partial charge is 0.294 e. The first-order chi connectivity index (χ1) is 7.97. The maximum atomic E-state index is 12.3. The molecule has 0 bridgehead atoms. The van der Waals surface area contributed by atoms with Crippen LogP contribution in [0.25, 0.3) is 0 Å². The molecule has 2 rings (SSSR count). The van der Waals surface area contributed by atoms with Crippen LogP contribution in [0.5, 0.6) is 0 Å². The number of alkyl halides is 3. The van der Waals surface area contributed by atoms with Crippen molar-refractivity contribution in [2.45, 2.75) is 12.7 Å². The van der Waals surface area contributed by atoms with E-state index in [1.54, 1.807) is 6.07 Å². The van der Waals surface area contributed by atoms with Gasteiger partial charge in [-0.25, -0.2) is 4.98 Å². The van der Waals surface area contributed by atoms with Crippen LogP contribution in [0.15, 0.2) is 34.7 Å². The quantitative estimate of drug-likeness (QED) is 0.831. The van der Waals surface area contributed by atoms with Crippen molar-refractivity contribution in [1.29, 1.82) is 0 Å². The summed E-state index contributed by atoms with van der Waals surface area (Å²) >= 11 is 1.43. The lowest BCUT2D eigenvalue weighted by Gasteiger charge is -2.07. The molecule has 2 aromatic heterocycles. The second-order valence-corrected chi connectivity index (χ2v) is 4.35. The summed E-state index contributed by atoms with van der Waals surface area (Å²) in [6.07, 6.45) is -3.66. The molecule has 0 saturated carbocycles. The lowest BCUT2D eigenvalue weighted by molar-refractivity contribution is -0.141. The minimum atomic E-state index is -4.58. The summed E-state index contributed by atoms with van der Waals surface area (Å²) in [5.41, 5.74) is -1.87. The molecule has 0 aliphatic heterocycles. The molecule has 0 aliphatic carbocycles. The molecule has 17 heavy (non-hydrogen) atoms. The predicted molar refractivity (Wildman–Crippen MR) is 56.9 cm³/mol. The summed E-state index contributed by atoms with van der Waals surface area (Å²) < 4.78 is 37.9. The number of nitrogens with zero attached hydrogens (tertiary/aromatic N) is 2. The third-order valence-electron chi connectivity index (χ3n) is 2.08. The molecule has 3 nitrogen and oxygen atoms in total. The van der Waals surface area contributed by atoms with E-state index in [4.69, 9.17) is 0 Å². The monoisotopic (exact) mass is 260 g/mol. The van der Waals surface area contributed by atoms with Gasteiger partial charge in [-0.1, -0.05) is 6.07 Å². The highest BCUT2D eigenvalue weighted by Gasteiger charge is 2.32. The van der Waals surface area contributed by atoms with Crippen LogP contribution in [0, 0.1) is 0 Å². The Kier molecular flexibility index (Phi) is 3.01. The molecular weight excluding hydrogens is 253 g/mol. The Bertz CT molecular complexity index is 560. The average Bonchev–Trinajstić information content (AvgIpc) is 2.72. The van der Waals surface area contributed by atoms with Gasteiger partial charge in [0.05, 0.1) is 12.9 Å². The standard InChI is InChI=1S/C10H7F3N2OS/c11-10(12,13)8-4-9(16)15(6-14-8)5-7-2-1-3-17-7/h1-4,6H,5H2. The van der Waals surface area contributed by atoms with Crippen LogP contribution in [0.1, 0.15) is 10.6 Å². The van der Waals surface area contributed by atoms with E-state index in [-0.39, 0.29) is 6.54 Å². The Labute approximate surface area is 98.2 Å². The molecule has 0 unspecified atom stereocenters. The van der Waals surface area contributed by atoms with Gasteiger partial charge in [-0.2, -0.15) is 13.2 Å². The van der Waals surface area contributed by atoms with Crippen LogP contribution in [-0.4, -0.2) is 9.55 Å². The highest BCUT2D eigenvalue weighted by Crippen LogP contribution is 2.25. The van der Waals surface area contributed by atoms with E-state index >= 15 is 0 Å². The number of halogens is 3. The summed E-state index contributed by atoms with van der Waals surface area (Å²) in [4.78, 5) is 15.6. The van der Waals surface area contributed by atoms with Crippen LogP contribution >= 0.6 is 11.3 Å². The van der Waals surface area contributed by atoms with Crippen molar-refractivity contribution in [3.8, 4) is 0 Å². The third kappa shape index (κ3) is 2.73. The maximum Gasteiger partial charge on any atom is 0.433 e. The van der Waals surface area contributed by atoms with Crippen LogP contribution in [0.2, 0.25) is 0 Å². The zero-order chi connectivity index (χ0) is 12.5. The van der Waals surface area contributed by atoms with Crippen molar-refractivity contribution >= 4 is 11.3 Å². The van der Waals surface area contributed by atoms with E-state index in [1.165, 1.54) is 11.3 Å². The summed E-state index contributed by atoms with van der Waals surface area (Å²) in [6, 6.07) is 4.12. The van der Waals surface area contributed by atoms with Gasteiger partial charge in [0.1, 0.15) is 0 Å². The Hall–Kier alpha value is -1.63. The molecule has 0 fully saturated rings. The summed E-state index contributed by atoms with van der Waals surface area (Å²) in [5, 5.41) is 1.83. The maximum absolute atomic E-state index is 12.3. The normalized spacial score (nSPS) is 11.7. The topological polar surface area (TPSA) is 34.9 Å². The van der Waals surface area contributed by atoms with Crippen molar-refractivity contribution < 1.29 is 13.2 Å². The lowest BCUT2D eigenvalue weighted by Crippen LogP contribution is -2.23. The van der Waals surface area contributed by atoms with Gasteiger partial charge in [0, 0.05) is 10.9 Å². The minimum Gasteiger partial charge on any atom is -0.294 e. The van der Waals surface area contributed by atoms with Gasteiger partial charge in [0.15, 0.2) is 5.69 Å². The van der Waals surface area contributed by atoms with Crippen LogP contribution in [0.4, 0.5) is 13.2 Å². The number of rotatable bonds is 2. The SMILES string of the molecule is O=c1cc(C(F)(F)F)ncn1Cc1cccs1. The third-order valence-corrected chi connectivity index (χ3v) is 2.94. The molecule has 90 valence electrons. The fourth-order valence-electron chi connectivity index (χ4n) is 1.27. The van der Waals surface area contributed by atoms with Gasteiger partial charge in [-0.05, 0) is 11.4 Å². The van der Waals surface area contributed by atoms with E-state index in [0.717, 1.165) is 15.8 Å². The fourth-order valence-corrected chi connectivity index (χ4v) is 1.97. The summed E-state index contributed by atoms with van der Waals surface area (Å²) in [5.74, 6) is 0. The largest absolute Gasteiger partial charge is 0.433 e. The number of hydrogen-bond acceptors (Lipinski definition) is 3. The summed E-state index contributed by atoms with van der Waals surface area (Å²) in [6.45, 7) is 0.238. The van der Waals surface area contributed by atoms with Gasteiger partial charge in [0.2, 0.25) is 0 Å². The van der Waals surface area contributed by atoms with E-state index in [0.29, 0.717) is 6.07 Å². The number of thiophene rings is 1. The molecule has 0 spiro atoms. The van der Waals surface area contributed by atoms with Crippen molar-refractivity contribution in [1.82, 2.24) is 9.55 Å². The van der Waals surface area contributed by atoms with Crippen molar-refractivity contribution in [3.05, 3.63) is 50.8 Å². The van der Waals surface area contributed by atoms with Crippen molar-refractivity contribution in [3.63, 3.8) is 0 Å². The molecule has 2 aromatic rings. The van der Waals surface area contributed by atoms with Gasteiger partial charge >= 0.3 is 6.18 Å². The number of hydrogen-bond donors (Lipinski definition) is 0. The van der Waals surface area contributed by atoms with Gasteiger partial charge in [-0.3, -0.25) is 9.36 Å². The molecule has 0 saturated heterocycles. The highest BCUT2D eigenvalue weighted by atomic mass is 32.1. The van der Waals surface area contributed by atoms with Crippen molar-refractivity contribution in [2.24, 2.45) is 0 Å². The first kappa shape index (κ1) is 11.8. The van der Waals surface area contributed by atoms with Gasteiger partial charge in [0.25, 0.3) is 5.56 Å². The van der Waals surface area contributed by atoms with Crippen LogP contribution < -0.4 is 5.56 Å². The van der Waals surface area contributed by atoms with Gasteiger partial charge in [-0.15, -0.1) is 11.3 Å². The Morgan fingerprint density at radius 1 is 1.41 bits per heavy atom. The second kappa shape index (κ2) is 4.33. The Morgan fingerprint density at radius 2 is 2.18 bits per heavy atom. The minimum absolute atomic E-state index is 0.238. The van der Waals surface area contributed by atoms with Gasteiger partial charge < -0.3 is 0 Å². The number of aromatic nitrogens is 2.